The van der Waals surface area contributed by atoms with E-state index in [9.17, 15) is 10.1 Å². The molecular weight excluding hydrogens is 356 g/mol. The number of halogens is 1. The summed E-state index contributed by atoms with van der Waals surface area (Å²) in [4.78, 5) is 13.8. The Morgan fingerprint density at radius 1 is 1.33 bits per heavy atom. The van der Waals surface area contributed by atoms with Crippen molar-refractivity contribution in [2.24, 2.45) is 0 Å². The second-order valence-corrected chi connectivity index (χ2v) is 7.18. The average Bonchev–Trinajstić information content (AvgIpc) is 2.83. The first-order valence-corrected chi connectivity index (χ1v) is 7.84. The molecule has 0 aliphatic carbocycles. The number of hydrogen-bond acceptors (Lipinski definition) is 5. The molecule has 5 nitrogen and oxygen atoms in total. The van der Waals surface area contributed by atoms with Crippen molar-refractivity contribution >= 4 is 33.0 Å². The van der Waals surface area contributed by atoms with E-state index in [0.29, 0.717) is 12.3 Å². The van der Waals surface area contributed by atoms with Crippen molar-refractivity contribution in [1.29, 1.82) is 0 Å². The van der Waals surface area contributed by atoms with Gasteiger partial charge in [-0.15, -0.1) is 11.3 Å². The summed E-state index contributed by atoms with van der Waals surface area (Å²) in [6.45, 7) is 1.36. The molecule has 112 valence electrons. The van der Waals surface area contributed by atoms with Crippen LogP contribution in [0.25, 0.3) is 0 Å². The molecule has 0 unspecified atom stereocenters. The van der Waals surface area contributed by atoms with Crippen LogP contribution in [0.3, 0.4) is 0 Å². The van der Waals surface area contributed by atoms with Gasteiger partial charge in [0, 0.05) is 35.7 Å². The molecule has 0 saturated carbocycles. The number of non-ortho nitro benzene ring substituents is 1. The van der Waals surface area contributed by atoms with Gasteiger partial charge in [0.2, 0.25) is 0 Å². The SMILES string of the molecule is COc1ccc([N+](=O)[O-])cc1CN(C)Cc1ccc(Br)s1. The van der Waals surface area contributed by atoms with Gasteiger partial charge in [0.15, 0.2) is 0 Å². The fourth-order valence-corrected chi connectivity index (χ4v) is 3.62. The lowest BCUT2D eigenvalue weighted by molar-refractivity contribution is -0.384. The summed E-state index contributed by atoms with van der Waals surface area (Å²) in [5.41, 5.74) is 0.892. The van der Waals surface area contributed by atoms with Crippen molar-refractivity contribution in [2.45, 2.75) is 13.1 Å². The van der Waals surface area contributed by atoms with Gasteiger partial charge >= 0.3 is 0 Å². The summed E-state index contributed by atoms with van der Waals surface area (Å²) in [6, 6.07) is 8.75. The molecule has 2 rings (SSSR count). The molecule has 1 aromatic heterocycles. The zero-order chi connectivity index (χ0) is 15.4. The largest absolute Gasteiger partial charge is 0.496 e. The first-order chi connectivity index (χ1) is 9.99. The van der Waals surface area contributed by atoms with Gasteiger partial charge in [-0.25, -0.2) is 0 Å². The Morgan fingerprint density at radius 2 is 2.10 bits per heavy atom. The van der Waals surface area contributed by atoms with Crippen molar-refractivity contribution in [1.82, 2.24) is 4.90 Å². The molecule has 0 atom stereocenters. The molecule has 0 amide bonds. The van der Waals surface area contributed by atoms with Crippen LogP contribution in [-0.2, 0) is 13.1 Å². The number of thiophene rings is 1. The predicted molar refractivity (Wildman–Crippen MR) is 86.8 cm³/mol. The fraction of sp³-hybridized carbons (Fsp3) is 0.286. The van der Waals surface area contributed by atoms with Gasteiger partial charge in [0.1, 0.15) is 5.75 Å². The van der Waals surface area contributed by atoms with Gasteiger partial charge < -0.3 is 4.74 Å². The van der Waals surface area contributed by atoms with E-state index in [-0.39, 0.29) is 10.6 Å². The highest BCUT2D eigenvalue weighted by atomic mass is 79.9. The molecular formula is C14H15BrN2O3S. The van der Waals surface area contributed by atoms with Crippen molar-refractivity contribution in [3.05, 3.63) is 54.7 Å². The van der Waals surface area contributed by atoms with Crippen molar-refractivity contribution in [3.63, 3.8) is 0 Å². The number of ether oxygens (including phenoxy) is 1. The Kier molecular flexibility index (Phi) is 5.33. The molecule has 2 aromatic rings. The van der Waals surface area contributed by atoms with Gasteiger partial charge in [0.05, 0.1) is 15.8 Å². The molecule has 0 radical (unpaired) electrons. The summed E-state index contributed by atoms with van der Waals surface area (Å²) in [7, 11) is 3.55. The number of benzene rings is 1. The van der Waals surface area contributed by atoms with Crippen LogP contribution in [0.4, 0.5) is 5.69 Å². The van der Waals surface area contributed by atoms with E-state index in [0.717, 1.165) is 15.9 Å². The summed E-state index contributed by atoms with van der Waals surface area (Å²) >= 11 is 5.12. The van der Waals surface area contributed by atoms with E-state index in [1.54, 1.807) is 30.6 Å². The zero-order valence-electron chi connectivity index (χ0n) is 11.7. The molecule has 0 bridgehead atoms. The van der Waals surface area contributed by atoms with E-state index in [4.69, 9.17) is 4.74 Å². The van der Waals surface area contributed by atoms with Crippen molar-refractivity contribution in [2.75, 3.05) is 14.2 Å². The summed E-state index contributed by atoms with van der Waals surface area (Å²) in [5, 5.41) is 10.9. The van der Waals surface area contributed by atoms with E-state index < -0.39 is 0 Å². The van der Waals surface area contributed by atoms with E-state index in [1.807, 2.05) is 13.1 Å². The molecule has 21 heavy (non-hydrogen) atoms. The van der Waals surface area contributed by atoms with Gasteiger partial charge in [-0.05, 0) is 41.2 Å². The Balaban J connectivity index is 2.13. The van der Waals surface area contributed by atoms with Crippen LogP contribution in [0.1, 0.15) is 10.4 Å². The molecule has 0 saturated heterocycles. The molecule has 0 aliphatic heterocycles. The monoisotopic (exact) mass is 370 g/mol. The Labute approximate surface area is 135 Å². The van der Waals surface area contributed by atoms with Crippen molar-refractivity contribution < 1.29 is 9.66 Å². The van der Waals surface area contributed by atoms with Gasteiger partial charge in [-0.2, -0.15) is 0 Å². The van der Waals surface area contributed by atoms with Crippen LogP contribution in [0.15, 0.2) is 34.1 Å². The van der Waals surface area contributed by atoms with Crippen LogP contribution < -0.4 is 4.74 Å². The highest BCUT2D eigenvalue weighted by Gasteiger charge is 2.13. The smallest absolute Gasteiger partial charge is 0.270 e. The van der Waals surface area contributed by atoms with Crippen LogP contribution in [0.5, 0.6) is 5.75 Å². The van der Waals surface area contributed by atoms with Crippen LogP contribution >= 0.6 is 27.3 Å². The third-order valence-electron chi connectivity index (χ3n) is 2.97. The molecule has 0 aliphatic rings. The second kappa shape index (κ2) is 7.02. The number of hydrogen-bond donors (Lipinski definition) is 0. The predicted octanol–water partition coefficient (Wildman–Crippen LogP) is 4.06. The van der Waals surface area contributed by atoms with Crippen LogP contribution in [-0.4, -0.2) is 24.0 Å². The van der Waals surface area contributed by atoms with Gasteiger partial charge in [0.25, 0.3) is 5.69 Å². The van der Waals surface area contributed by atoms with E-state index in [2.05, 4.69) is 26.9 Å². The molecule has 1 heterocycles. The lowest BCUT2D eigenvalue weighted by atomic mass is 10.1. The lowest BCUT2D eigenvalue weighted by Gasteiger charge is -2.17. The maximum atomic E-state index is 10.9. The van der Waals surface area contributed by atoms with Crippen LogP contribution in [0, 0.1) is 10.1 Å². The lowest BCUT2D eigenvalue weighted by Crippen LogP contribution is -2.17. The molecule has 0 fully saturated rings. The third kappa shape index (κ3) is 4.26. The minimum absolute atomic E-state index is 0.0815. The minimum atomic E-state index is -0.390. The number of nitro benzene ring substituents is 1. The van der Waals surface area contributed by atoms with E-state index in [1.165, 1.54) is 10.9 Å². The summed E-state index contributed by atoms with van der Waals surface area (Å²) < 4.78 is 6.38. The molecule has 0 spiro atoms. The standard InChI is InChI=1S/C14H15BrN2O3S/c1-16(9-12-4-6-14(15)21-12)8-10-7-11(17(18)19)3-5-13(10)20-2/h3-7H,8-9H2,1-2H3. The maximum Gasteiger partial charge on any atom is 0.270 e. The van der Waals surface area contributed by atoms with Gasteiger partial charge in [-0.1, -0.05) is 0 Å². The number of nitro groups is 1. The highest BCUT2D eigenvalue weighted by molar-refractivity contribution is 9.11. The number of methoxy groups -OCH3 is 1. The fourth-order valence-electron chi connectivity index (χ4n) is 2.05. The van der Waals surface area contributed by atoms with E-state index >= 15 is 0 Å². The Morgan fingerprint density at radius 3 is 2.67 bits per heavy atom. The summed E-state index contributed by atoms with van der Waals surface area (Å²) in [5.74, 6) is 0.666. The Hall–Kier alpha value is -1.44. The van der Waals surface area contributed by atoms with Gasteiger partial charge in [-0.3, -0.25) is 15.0 Å². The zero-order valence-corrected chi connectivity index (χ0v) is 14.1. The quantitative estimate of drug-likeness (QED) is 0.568. The Bertz CT molecular complexity index is 645. The number of nitrogens with zero attached hydrogens (tertiary/aromatic N) is 2. The average molecular weight is 371 g/mol. The molecule has 0 N–H and O–H groups in total. The highest BCUT2D eigenvalue weighted by Crippen LogP contribution is 2.27. The maximum absolute atomic E-state index is 10.9. The summed E-state index contributed by atoms with van der Waals surface area (Å²) in [6.07, 6.45) is 0. The van der Waals surface area contributed by atoms with Crippen LogP contribution in [0.2, 0.25) is 0 Å². The first kappa shape index (κ1) is 15.9. The number of rotatable bonds is 6. The first-order valence-electron chi connectivity index (χ1n) is 6.23. The third-order valence-corrected chi connectivity index (χ3v) is 4.58. The normalized spacial score (nSPS) is 10.9. The second-order valence-electron chi connectivity index (χ2n) is 4.63. The van der Waals surface area contributed by atoms with Crippen molar-refractivity contribution in [3.8, 4) is 5.75 Å². The molecule has 7 heteroatoms. The minimum Gasteiger partial charge on any atom is -0.496 e. The topological polar surface area (TPSA) is 55.6 Å². The molecule has 1 aromatic carbocycles.